The smallest absolute Gasteiger partial charge is 0.193 e. The van der Waals surface area contributed by atoms with E-state index in [2.05, 4.69) is 29.4 Å². The molecule has 0 atom stereocenters. The lowest BCUT2D eigenvalue weighted by Gasteiger charge is -2.09. The number of benzene rings is 2. The van der Waals surface area contributed by atoms with Gasteiger partial charge in [0.15, 0.2) is 5.96 Å². The number of aliphatic imine (C=N–C) groups is 1. The lowest BCUT2D eigenvalue weighted by Crippen LogP contribution is -2.22. The van der Waals surface area contributed by atoms with Crippen molar-refractivity contribution in [1.82, 2.24) is 0 Å². The average molecular weight is 297 g/mol. The van der Waals surface area contributed by atoms with Gasteiger partial charge in [0.2, 0.25) is 0 Å². The Morgan fingerprint density at radius 1 is 1.09 bits per heavy atom. The lowest BCUT2D eigenvalue weighted by atomic mass is 10.1. The molecule has 2 aromatic carbocycles. The van der Waals surface area contributed by atoms with E-state index in [0.717, 1.165) is 16.8 Å². The molecule has 4 nitrogen and oxygen atoms in total. The summed E-state index contributed by atoms with van der Waals surface area (Å²) >= 11 is 0. The maximum Gasteiger partial charge on any atom is 0.193 e. The third-order valence-corrected chi connectivity index (χ3v) is 3.32. The van der Waals surface area contributed by atoms with Gasteiger partial charge in [0.25, 0.3) is 0 Å². The van der Waals surface area contributed by atoms with Crippen LogP contribution in [0.5, 0.6) is 0 Å². The highest BCUT2D eigenvalue weighted by molar-refractivity contribution is 5.92. The van der Waals surface area contributed by atoms with Crippen molar-refractivity contribution in [1.29, 1.82) is 0 Å². The van der Waals surface area contributed by atoms with Gasteiger partial charge in [-0.3, -0.25) is 0 Å². The van der Waals surface area contributed by atoms with Crippen molar-refractivity contribution < 1.29 is 4.74 Å². The van der Waals surface area contributed by atoms with E-state index in [9.17, 15) is 0 Å². The van der Waals surface area contributed by atoms with Gasteiger partial charge in [-0.25, -0.2) is 4.99 Å². The Hall–Kier alpha value is -2.33. The number of hydrogen-bond donors (Lipinski definition) is 2. The monoisotopic (exact) mass is 297 g/mol. The second-order valence-corrected chi connectivity index (χ2v) is 5.10. The van der Waals surface area contributed by atoms with E-state index < -0.39 is 0 Å². The highest BCUT2D eigenvalue weighted by atomic mass is 16.5. The fraction of sp³-hybridized carbons (Fsp3) is 0.278. The zero-order valence-electron chi connectivity index (χ0n) is 13.2. The average Bonchev–Trinajstić information content (AvgIpc) is 2.54. The van der Waals surface area contributed by atoms with Crippen molar-refractivity contribution in [2.75, 3.05) is 11.9 Å². The molecule has 0 aliphatic rings. The highest BCUT2D eigenvalue weighted by Crippen LogP contribution is 2.12. The van der Waals surface area contributed by atoms with Crippen molar-refractivity contribution in [3.63, 3.8) is 0 Å². The van der Waals surface area contributed by atoms with E-state index >= 15 is 0 Å². The summed E-state index contributed by atoms with van der Waals surface area (Å²) in [5.41, 5.74) is 10.4. The van der Waals surface area contributed by atoms with Gasteiger partial charge >= 0.3 is 0 Å². The van der Waals surface area contributed by atoms with Crippen LogP contribution in [0.4, 0.5) is 5.69 Å². The Labute approximate surface area is 132 Å². The molecule has 116 valence electrons. The molecule has 0 aliphatic heterocycles. The van der Waals surface area contributed by atoms with Gasteiger partial charge in [-0.2, -0.15) is 0 Å². The predicted octanol–water partition coefficient (Wildman–Crippen LogP) is 3.46. The van der Waals surface area contributed by atoms with Gasteiger partial charge in [-0.05, 0) is 37.1 Å². The lowest BCUT2D eigenvalue weighted by molar-refractivity contribution is 0.133. The molecule has 0 unspecified atom stereocenters. The zero-order chi connectivity index (χ0) is 15.8. The molecule has 0 saturated carbocycles. The second-order valence-electron chi connectivity index (χ2n) is 5.10. The van der Waals surface area contributed by atoms with Crippen LogP contribution in [0.3, 0.4) is 0 Å². The summed E-state index contributed by atoms with van der Waals surface area (Å²) in [7, 11) is 0. The van der Waals surface area contributed by atoms with Crippen LogP contribution in [0.25, 0.3) is 0 Å². The van der Waals surface area contributed by atoms with E-state index in [1.54, 1.807) is 0 Å². The van der Waals surface area contributed by atoms with Gasteiger partial charge in [-0.15, -0.1) is 0 Å². The fourth-order valence-corrected chi connectivity index (χ4v) is 2.06. The first kappa shape index (κ1) is 16.0. The number of nitrogens with zero attached hydrogens (tertiary/aromatic N) is 1. The third kappa shape index (κ3) is 4.90. The fourth-order valence-electron chi connectivity index (χ4n) is 2.06. The number of aryl methyl sites for hydroxylation is 1. The van der Waals surface area contributed by atoms with Crippen LogP contribution in [0.2, 0.25) is 0 Å². The molecule has 0 saturated heterocycles. The number of ether oxygens (including phenoxy) is 1. The molecule has 2 rings (SSSR count). The minimum absolute atomic E-state index is 0.412. The number of guanidine groups is 1. The standard InChI is InChI=1S/C18H23N3O/c1-3-22-13-16-7-5-4-6-15(16)12-20-18(19)21-17-10-8-14(2)9-11-17/h4-11H,3,12-13H2,1-2H3,(H3,19,20,21). The third-order valence-electron chi connectivity index (χ3n) is 3.32. The molecular weight excluding hydrogens is 274 g/mol. The molecule has 22 heavy (non-hydrogen) atoms. The van der Waals surface area contributed by atoms with E-state index in [0.29, 0.717) is 25.7 Å². The van der Waals surface area contributed by atoms with Crippen LogP contribution in [-0.2, 0) is 17.9 Å². The minimum atomic E-state index is 0.412. The van der Waals surface area contributed by atoms with E-state index in [-0.39, 0.29) is 0 Å². The summed E-state index contributed by atoms with van der Waals surface area (Å²) in [5, 5.41) is 3.10. The number of nitrogens with one attached hydrogen (secondary N) is 1. The number of nitrogens with two attached hydrogens (primary N) is 1. The quantitative estimate of drug-likeness (QED) is 0.634. The molecule has 4 heteroatoms. The largest absolute Gasteiger partial charge is 0.377 e. The van der Waals surface area contributed by atoms with Gasteiger partial charge in [0.1, 0.15) is 0 Å². The first-order chi connectivity index (χ1) is 10.7. The first-order valence-electron chi connectivity index (χ1n) is 7.47. The normalized spacial score (nSPS) is 11.5. The first-order valence-corrected chi connectivity index (χ1v) is 7.47. The van der Waals surface area contributed by atoms with E-state index in [1.165, 1.54) is 5.56 Å². The second kappa shape index (κ2) is 8.20. The Morgan fingerprint density at radius 3 is 2.45 bits per heavy atom. The van der Waals surface area contributed by atoms with Crippen molar-refractivity contribution >= 4 is 11.6 Å². The summed E-state index contributed by atoms with van der Waals surface area (Å²) in [6, 6.07) is 16.2. The van der Waals surface area contributed by atoms with Crippen molar-refractivity contribution in [3.8, 4) is 0 Å². The molecule has 0 bridgehead atoms. The Kier molecular flexibility index (Phi) is 5.98. The maximum atomic E-state index is 5.95. The van der Waals surface area contributed by atoms with Crippen LogP contribution in [0, 0.1) is 6.92 Å². The van der Waals surface area contributed by atoms with Gasteiger partial charge in [0, 0.05) is 12.3 Å². The molecule has 2 aromatic rings. The van der Waals surface area contributed by atoms with E-state index in [1.807, 2.05) is 43.3 Å². The zero-order valence-corrected chi connectivity index (χ0v) is 13.2. The summed E-state index contributed by atoms with van der Waals surface area (Å²) in [6.07, 6.45) is 0. The molecule has 0 aliphatic carbocycles. The van der Waals surface area contributed by atoms with Crippen molar-refractivity contribution in [2.24, 2.45) is 10.7 Å². The van der Waals surface area contributed by atoms with Crippen molar-refractivity contribution in [2.45, 2.75) is 27.0 Å². The molecule has 0 fully saturated rings. The van der Waals surface area contributed by atoms with Crippen LogP contribution in [-0.4, -0.2) is 12.6 Å². The number of hydrogen-bond acceptors (Lipinski definition) is 2. The molecule has 0 aromatic heterocycles. The molecule has 0 spiro atoms. The van der Waals surface area contributed by atoms with Gasteiger partial charge in [0.05, 0.1) is 13.2 Å². The molecule has 0 heterocycles. The minimum Gasteiger partial charge on any atom is -0.377 e. The van der Waals surface area contributed by atoms with Crippen LogP contribution in [0.1, 0.15) is 23.6 Å². The molecular formula is C18H23N3O. The molecule has 3 N–H and O–H groups in total. The van der Waals surface area contributed by atoms with Crippen LogP contribution in [0.15, 0.2) is 53.5 Å². The van der Waals surface area contributed by atoms with Gasteiger partial charge in [-0.1, -0.05) is 42.0 Å². The Morgan fingerprint density at radius 2 is 1.77 bits per heavy atom. The summed E-state index contributed by atoms with van der Waals surface area (Å²) < 4.78 is 5.48. The number of anilines is 1. The van der Waals surface area contributed by atoms with E-state index in [4.69, 9.17) is 10.5 Å². The summed E-state index contributed by atoms with van der Waals surface area (Å²) in [4.78, 5) is 4.41. The molecule has 0 radical (unpaired) electrons. The van der Waals surface area contributed by atoms with Gasteiger partial charge < -0.3 is 15.8 Å². The Bertz CT molecular complexity index is 620. The summed E-state index contributed by atoms with van der Waals surface area (Å²) in [5.74, 6) is 0.412. The maximum absolute atomic E-state index is 5.95. The number of rotatable bonds is 6. The van der Waals surface area contributed by atoms with Crippen LogP contribution >= 0.6 is 0 Å². The Balaban J connectivity index is 1.99. The molecule has 0 amide bonds. The summed E-state index contributed by atoms with van der Waals surface area (Å²) in [6.45, 7) is 5.89. The topological polar surface area (TPSA) is 59.6 Å². The van der Waals surface area contributed by atoms with Crippen LogP contribution < -0.4 is 11.1 Å². The SMILES string of the molecule is CCOCc1ccccc1CN=C(N)Nc1ccc(C)cc1. The predicted molar refractivity (Wildman–Crippen MR) is 91.9 cm³/mol. The highest BCUT2D eigenvalue weighted by Gasteiger charge is 2.01. The van der Waals surface area contributed by atoms with Crippen molar-refractivity contribution in [3.05, 3.63) is 65.2 Å².